The zero-order valence-corrected chi connectivity index (χ0v) is 12.5. The van der Waals surface area contributed by atoms with E-state index in [1.807, 2.05) is 20.8 Å². The number of carbonyl (C=O) groups is 1. The Balaban J connectivity index is 3.43. The van der Waals surface area contributed by atoms with E-state index in [1.54, 1.807) is 0 Å². The number of nitrogens with zero attached hydrogens (tertiary/aromatic N) is 1. The Morgan fingerprint density at radius 2 is 1.72 bits per heavy atom. The highest BCUT2D eigenvalue weighted by Gasteiger charge is 2.15. The zero-order chi connectivity index (χ0) is 14.0. The first-order chi connectivity index (χ1) is 8.39. The van der Waals surface area contributed by atoms with Gasteiger partial charge < -0.3 is 20.3 Å². The molecular formula is C13H29N3O2. The molecule has 18 heavy (non-hydrogen) atoms. The van der Waals surface area contributed by atoms with E-state index in [2.05, 4.69) is 29.4 Å². The van der Waals surface area contributed by atoms with Crippen LogP contribution in [0.3, 0.4) is 0 Å². The summed E-state index contributed by atoms with van der Waals surface area (Å²) < 4.78 is 5.13. The van der Waals surface area contributed by atoms with Crippen molar-refractivity contribution < 1.29 is 9.53 Å². The Labute approximate surface area is 111 Å². The molecule has 0 saturated heterocycles. The van der Waals surface area contributed by atoms with Crippen molar-refractivity contribution in [2.24, 2.45) is 0 Å². The minimum Gasteiger partial charge on any atom is -0.444 e. The van der Waals surface area contributed by atoms with E-state index >= 15 is 0 Å². The quantitative estimate of drug-likeness (QED) is 0.648. The highest BCUT2D eigenvalue weighted by molar-refractivity contribution is 5.67. The second-order valence-corrected chi connectivity index (χ2v) is 5.21. The Bertz CT molecular complexity index is 223. The molecule has 0 radical (unpaired) electrons. The Kier molecular flexibility index (Phi) is 8.75. The van der Waals surface area contributed by atoms with Crippen molar-refractivity contribution in [1.29, 1.82) is 0 Å². The summed E-state index contributed by atoms with van der Waals surface area (Å²) in [5, 5.41) is 6.01. The maximum atomic E-state index is 11.3. The van der Waals surface area contributed by atoms with Crippen LogP contribution in [0.2, 0.25) is 0 Å². The second kappa shape index (κ2) is 9.16. The molecule has 0 aliphatic carbocycles. The van der Waals surface area contributed by atoms with Gasteiger partial charge in [0.05, 0.1) is 0 Å². The molecule has 0 aliphatic rings. The molecule has 5 heteroatoms. The molecule has 2 N–H and O–H groups in total. The molecule has 0 atom stereocenters. The van der Waals surface area contributed by atoms with Gasteiger partial charge in [0, 0.05) is 26.2 Å². The van der Waals surface area contributed by atoms with E-state index < -0.39 is 5.60 Å². The third-order valence-electron chi connectivity index (χ3n) is 2.47. The van der Waals surface area contributed by atoms with Crippen LogP contribution < -0.4 is 10.6 Å². The first-order valence-corrected chi connectivity index (χ1v) is 6.79. The van der Waals surface area contributed by atoms with Crippen LogP contribution in [-0.2, 0) is 4.74 Å². The van der Waals surface area contributed by atoms with Crippen molar-refractivity contribution in [2.45, 2.75) is 40.2 Å². The molecule has 0 saturated carbocycles. The summed E-state index contributed by atoms with van der Waals surface area (Å²) in [6.45, 7) is 15.4. The van der Waals surface area contributed by atoms with E-state index in [4.69, 9.17) is 4.74 Å². The fourth-order valence-corrected chi connectivity index (χ4v) is 1.47. The molecular weight excluding hydrogens is 230 g/mol. The summed E-state index contributed by atoms with van der Waals surface area (Å²) in [5.41, 5.74) is -0.430. The van der Waals surface area contributed by atoms with Gasteiger partial charge in [-0.1, -0.05) is 13.8 Å². The van der Waals surface area contributed by atoms with Crippen molar-refractivity contribution in [3.8, 4) is 0 Å². The number of amides is 1. The molecule has 0 rings (SSSR count). The third-order valence-corrected chi connectivity index (χ3v) is 2.47. The van der Waals surface area contributed by atoms with Crippen molar-refractivity contribution in [2.75, 3.05) is 39.3 Å². The van der Waals surface area contributed by atoms with Crippen LogP contribution in [0, 0.1) is 0 Å². The Hall–Kier alpha value is -0.810. The van der Waals surface area contributed by atoms with Crippen LogP contribution in [-0.4, -0.2) is 55.9 Å². The van der Waals surface area contributed by atoms with Gasteiger partial charge in [-0.2, -0.15) is 0 Å². The lowest BCUT2D eigenvalue weighted by Crippen LogP contribution is -2.38. The lowest BCUT2D eigenvalue weighted by atomic mass is 10.2. The maximum Gasteiger partial charge on any atom is 0.407 e. The van der Waals surface area contributed by atoms with Gasteiger partial charge in [0.25, 0.3) is 0 Å². The lowest BCUT2D eigenvalue weighted by molar-refractivity contribution is 0.0528. The summed E-state index contributed by atoms with van der Waals surface area (Å²) in [6.07, 6.45) is -0.354. The number of carbonyl (C=O) groups excluding carboxylic acids is 1. The summed E-state index contributed by atoms with van der Waals surface area (Å²) in [5.74, 6) is 0. The fourth-order valence-electron chi connectivity index (χ4n) is 1.47. The predicted molar refractivity (Wildman–Crippen MR) is 74.9 cm³/mol. The molecule has 0 aromatic heterocycles. The fraction of sp³-hybridized carbons (Fsp3) is 0.923. The summed E-state index contributed by atoms with van der Waals surface area (Å²) >= 11 is 0. The highest BCUT2D eigenvalue weighted by atomic mass is 16.6. The average molecular weight is 259 g/mol. The van der Waals surface area contributed by atoms with Crippen LogP contribution in [0.4, 0.5) is 4.79 Å². The lowest BCUT2D eigenvalue weighted by Gasteiger charge is -2.20. The van der Waals surface area contributed by atoms with E-state index in [1.165, 1.54) is 0 Å². The van der Waals surface area contributed by atoms with E-state index in [0.29, 0.717) is 6.54 Å². The molecule has 0 aliphatic heterocycles. The van der Waals surface area contributed by atoms with Crippen molar-refractivity contribution in [1.82, 2.24) is 15.5 Å². The van der Waals surface area contributed by atoms with E-state index in [0.717, 1.165) is 32.7 Å². The van der Waals surface area contributed by atoms with Gasteiger partial charge >= 0.3 is 6.09 Å². The van der Waals surface area contributed by atoms with Crippen LogP contribution >= 0.6 is 0 Å². The SMILES string of the molecule is CCN(CC)CCNCCNC(=O)OC(C)(C)C. The molecule has 0 aromatic rings. The minimum absolute atomic E-state index is 0.354. The summed E-state index contributed by atoms with van der Waals surface area (Å²) in [4.78, 5) is 13.7. The predicted octanol–water partition coefficient (Wildman–Crippen LogP) is 1.44. The number of hydrogen-bond donors (Lipinski definition) is 2. The number of ether oxygens (including phenoxy) is 1. The van der Waals surface area contributed by atoms with Crippen LogP contribution in [0.5, 0.6) is 0 Å². The van der Waals surface area contributed by atoms with Crippen LogP contribution in [0.25, 0.3) is 0 Å². The number of alkyl carbamates (subject to hydrolysis) is 1. The first-order valence-electron chi connectivity index (χ1n) is 6.79. The number of hydrogen-bond acceptors (Lipinski definition) is 4. The second-order valence-electron chi connectivity index (χ2n) is 5.21. The Morgan fingerprint density at radius 1 is 1.11 bits per heavy atom. The first kappa shape index (κ1) is 17.2. The van der Waals surface area contributed by atoms with Crippen molar-refractivity contribution in [3.05, 3.63) is 0 Å². The Morgan fingerprint density at radius 3 is 2.22 bits per heavy atom. The molecule has 0 spiro atoms. The van der Waals surface area contributed by atoms with E-state index in [9.17, 15) is 4.79 Å². The van der Waals surface area contributed by atoms with Gasteiger partial charge in [-0.25, -0.2) is 4.79 Å². The highest BCUT2D eigenvalue weighted by Crippen LogP contribution is 2.05. The minimum atomic E-state index is -0.430. The number of rotatable bonds is 8. The van der Waals surface area contributed by atoms with Crippen molar-refractivity contribution >= 4 is 6.09 Å². The van der Waals surface area contributed by atoms with Gasteiger partial charge in [0.2, 0.25) is 0 Å². The normalized spacial score (nSPS) is 11.7. The number of likely N-dealkylation sites (N-methyl/N-ethyl adjacent to an activating group) is 1. The zero-order valence-electron chi connectivity index (χ0n) is 12.5. The largest absolute Gasteiger partial charge is 0.444 e. The molecule has 0 fully saturated rings. The topological polar surface area (TPSA) is 53.6 Å². The monoisotopic (exact) mass is 259 g/mol. The summed E-state index contributed by atoms with van der Waals surface area (Å²) in [7, 11) is 0. The molecule has 1 amide bonds. The van der Waals surface area contributed by atoms with Gasteiger partial charge in [0.1, 0.15) is 5.60 Å². The summed E-state index contributed by atoms with van der Waals surface area (Å²) in [6, 6.07) is 0. The number of nitrogens with one attached hydrogen (secondary N) is 2. The molecule has 5 nitrogen and oxygen atoms in total. The molecule has 0 aromatic carbocycles. The maximum absolute atomic E-state index is 11.3. The molecule has 0 heterocycles. The molecule has 108 valence electrons. The standard InChI is InChI=1S/C13H29N3O2/c1-6-16(7-2)11-10-14-8-9-15-12(17)18-13(3,4)5/h14H,6-11H2,1-5H3,(H,15,17). The van der Waals surface area contributed by atoms with Gasteiger partial charge in [0.15, 0.2) is 0 Å². The smallest absolute Gasteiger partial charge is 0.407 e. The molecule has 0 bridgehead atoms. The third kappa shape index (κ3) is 10.4. The van der Waals surface area contributed by atoms with Crippen LogP contribution in [0.15, 0.2) is 0 Å². The van der Waals surface area contributed by atoms with Gasteiger partial charge in [-0.05, 0) is 33.9 Å². The van der Waals surface area contributed by atoms with Crippen LogP contribution in [0.1, 0.15) is 34.6 Å². The van der Waals surface area contributed by atoms with Crippen molar-refractivity contribution in [3.63, 3.8) is 0 Å². The molecule has 0 unspecified atom stereocenters. The van der Waals surface area contributed by atoms with E-state index in [-0.39, 0.29) is 6.09 Å². The van der Waals surface area contributed by atoms with Gasteiger partial charge in [-0.15, -0.1) is 0 Å². The average Bonchev–Trinajstić information content (AvgIpc) is 2.26. The van der Waals surface area contributed by atoms with Gasteiger partial charge in [-0.3, -0.25) is 0 Å².